The number of anilines is 1. The number of amides is 1. The second kappa shape index (κ2) is 7.45. The van der Waals surface area contributed by atoms with Crippen molar-refractivity contribution in [3.63, 3.8) is 0 Å². The molecule has 10 heteroatoms. The number of nitrogens with one attached hydrogen (secondary N) is 1. The number of hydrogen-bond acceptors (Lipinski definition) is 5. The van der Waals surface area contributed by atoms with E-state index in [-0.39, 0.29) is 17.5 Å². The monoisotopic (exact) mass is 441 g/mol. The maximum Gasteiger partial charge on any atom is 0.262 e. The summed E-state index contributed by atoms with van der Waals surface area (Å²) in [7, 11) is -1.96. The predicted octanol–water partition coefficient (Wildman–Crippen LogP) is 1.93. The molecule has 0 aliphatic carbocycles. The largest absolute Gasteiger partial charge is 0.337 e. The van der Waals surface area contributed by atoms with Crippen LogP contribution in [-0.4, -0.2) is 46.3 Å². The Bertz CT molecular complexity index is 891. The molecule has 0 radical (unpaired) electrons. The predicted molar refractivity (Wildman–Crippen MR) is 100.0 cm³/mol. The molecular formula is C16H20BrN5O3S. The van der Waals surface area contributed by atoms with Crippen molar-refractivity contribution >= 4 is 37.7 Å². The number of nitrogens with zero attached hydrogens (tertiary/aromatic N) is 4. The van der Waals surface area contributed by atoms with E-state index in [1.54, 1.807) is 36.9 Å². The molecule has 140 valence electrons. The van der Waals surface area contributed by atoms with E-state index in [9.17, 15) is 13.2 Å². The first kappa shape index (κ1) is 19.0. The molecule has 1 unspecified atom stereocenters. The van der Waals surface area contributed by atoms with Gasteiger partial charge in [-0.25, -0.2) is 18.4 Å². The third-order valence-electron chi connectivity index (χ3n) is 4.42. The Kier molecular flexibility index (Phi) is 5.44. The highest BCUT2D eigenvalue weighted by molar-refractivity contribution is 9.10. The number of carbonyl (C=O) groups is 1. The van der Waals surface area contributed by atoms with E-state index >= 15 is 0 Å². The van der Waals surface area contributed by atoms with Gasteiger partial charge in [-0.1, -0.05) is 0 Å². The molecule has 1 atom stereocenters. The smallest absolute Gasteiger partial charge is 0.262 e. The van der Waals surface area contributed by atoms with E-state index in [1.165, 1.54) is 10.5 Å². The SMILES string of the molecule is Cc1nc(S(=O)(=O)N2CCCC(C(=O)Nc3ccc(Br)cn3)C2)cn1C. The second-order valence-corrected chi connectivity index (χ2v) is 9.09. The molecule has 3 heterocycles. The molecule has 26 heavy (non-hydrogen) atoms. The number of aromatic nitrogens is 3. The van der Waals surface area contributed by atoms with E-state index in [4.69, 9.17) is 0 Å². The first-order valence-electron chi connectivity index (χ1n) is 8.20. The van der Waals surface area contributed by atoms with Crippen molar-refractivity contribution in [3.8, 4) is 0 Å². The Balaban J connectivity index is 1.72. The Labute approximate surface area is 160 Å². The first-order chi connectivity index (χ1) is 12.3. The van der Waals surface area contributed by atoms with E-state index in [1.807, 2.05) is 0 Å². The normalized spacial score (nSPS) is 18.7. The van der Waals surface area contributed by atoms with Gasteiger partial charge in [-0.2, -0.15) is 4.31 Å². The molecule has 3 rings (SSSR count). The van der Waals surface area contributed by atoms with Crippen LogP contribution in [0.25, 0.3) is 0 Å². The van der Waals surface area contributed by atoms with Crippen molar-refractivity contribution in [1.29, 1.82) is 0 Å². The average Bonchev–Trinajstić information content (AvgIpc) is 2.97. The molecule has 0 spiro atoms. The van der Waals surface area contributed by atoms with Crippen LogP contribution in [0.1, 0.15) is 18.7 Å². The minimum Gasteiger partial charge on any atom is -0.337 e. The van der Waals surface area contributed by atoms with E-state index in [0.717, 1.165) is 4.47 Å². The van der Waals surface area contributed by atoms with Crippen LogP contribution in [-0.2, 0) is 21.9 Å². The molecule has 1 saturated heterocycles. The minimum absolute atomic E-state index is 0.0214. The zero-order valence-corrected chi connectivity index (χ0v) is 16.9. The number of aryl methyl sites for hydroxylation is 2. The van der Waals surface area contributed by atoms with Gasteiger partial charge in [0.15, 0.2) is 5.03 Å². The fourth-order valence-electron chi connectivity index (χ4n) is 2.84. The van der Waals surface area contributed by atoms with Gasteiger partial charge >= 0.3 is 0 Å². The fourth-order valence-corrected chi connectivity index (χ4v) is 4.62. The summed E-state index contributed by atoms with van der Waals surface area (Å²) < 4.78 is 29.5. The summed E-state index contributed by atoms with van der Waals surface area (Å²) in [6, 6.07) is 3.47. The minimum atomic E-state index is -3.71. The number of pyridine rings is 1. The number of halogens is 1. The summed E-state index contributed by atoms with van der Waals surface area (Å²) in [6.45, 7) is 2.27. The molecule has 1 aliphatic rings. The van der Waals surface area contributed by atoms with Crippen molar-refractivity contribution in [2.24, 2.45) is 13.0 Å². The van der Waals surface area contributed by atoms with Gasteiger partial charge in [0.05, 0.1) is 5.92 Å². The molecule has 0 bridgehead atoms. The van der Waals surface area contributed by atoms with Crippen LogP contribution in [0.2, 0.25) is 0 Å². The fraction of sp³-hybridized carbons (Fsp3) is 0.438. The molecule has 2 aromatic rings. The Morgan fingerprint density at radius 2 is 2.15 bits per heavy atom. The van der Waals surface area contributed by atoms with Gasteiger partial charge in [-0.05, 0) is 47.8 Å². The van der Waals surface area contributed by atoms with Crippen LogP contribution in [0.3, 0.4) is 0 Å². The maximum atomic E-state index is 12.8. The lowest BCUT2D eigenvalue weighted by Gasteiger charge is -2.30. The van der Waals surface area contributed by atoms with Crippen molar-refractivity contribution in [1.82, 2.24) is 18.8 Å². The third-order valence-corrected chi connectivity index (χ3v) is 6.63. The van der Waals surface area contributed by atoms with Gasteiger partial charge in [0.25, 0.3) is 10.0 Å². The lowest BCUT2D eigenvalue weighted by molar-refractivity contribution is -0.120. The van der Waals surface area contributed by atoms with Crippen LogP contribution in [0.15, 0.2) is 34.0 Å². The summed E-state index contributed by atoms with van der Waals surface area (Å²) in [4.78, 5) is 20.8. The second-order valence-electron chi connectivity index (χ2n) is 6.29. The highest BCUT2D eigenvalue weighted by atomic mass is 79.9. The number of carbonyl (C=O) groups excluding carboxylic acids is 1. The van der Waals surface area contributed by atoms with Crippen LogP contribution >= 0.6 is 15.9 Å². The van der Waals surface area contributed by atoms with Crippen LogP contribution in [0, 0.1) is 12.8 Å². The van der Waals surface area contributed by atoms with Crippen LogP contribution in [0.5, 0.6) is 0 Å². The van der Waals surface area contributed by atoms with Gasteiger partial charge in [-0.3, -0.25) is 4.79 Å². The molecule has 1 aliphatic heterocycles. The van der Waals surface area contributed by atoms with Gasteiger partial charge in [0, 0.05) is 37.0 Å². The van der Waals surface area contributed by atoms with Gasteiger partial charge < -0.3 is 9.88 Å². The zero-order valence-electron chi connectivity index (χ0n) is 14.5. The first-order valence-corrected chi connectivity index (χ1v) is 10.4. The summed E-state index contributed by atoms with van der Waals surface area (Å²) in [5, 5.41) is 2.77. The van der Waals surface area contributed by atoms with Gasteiger partial charge in [0.1, 0.15) is 11.6 Å². The number of sulfonamides is 1. The topological polar surface area (TPSA) is 97.2 Å². The molecule has 0 aromatic carbocycles. The number of hydrogen-bond donors (Lipinski definition) is 1. The third kappa shape index (κ3) is 3.97. The van der Waals surface area contributed by atoms with E-state index in [0.29, 0.717) is 31.0 Å². The number of rotatable bonds is 4. The Morgan fingerprint density at radius 1 is 1.38 bits per heavy atom. The Morgan fingerprint density at radius 3 is 2.77 bits per heavy atom. The summed E-state index contributed by atoms with van der Waals surface area (Å²) in [6.07, 6.45) is 4.35. The number of piperidine rings is 1. The van der Waals surface area contributed by atoms with Gasteiger partial charge in [-0.15, -0.1) is 0 Å². The molecule has 0 saturated carbocycles. The van der Waals surface area contributed by atoms with Crippen molar-refractivity contribution in [2.75, 3.05) is 18.4 Å². The maximum absolute atomic E-state index is 12.8. The summed E-state index contributed by atoms with van der Waals surface area (Å²) >= 11 is 3.29. The van der Waals surface area contributed by atoms with Gasteiger partial charge in [0.2, 0.25) is 5.91 Å². The highest BCUT2D eigenvalue weighted by Crippen LogP contribution is 2.24. The molecule has 1 amide bonds. The summed E-state index contributed by atoms with van der Waals surface area (Å²) in [5.74, 6) is 0.417. The highest BCUT2D eigenvalue weighted by Gasteiger charge is 2.34. The molecule has 1 N–H and O–H groups in total. The number of imidazole rings is 1. The summed E-state index contributed by atoms with van der Waals surface area (Å²) in [5.41, 5.74) is 0. The van der Waals surface area contributed by atoms with Crippen molar-refractivity contribution in [3.05, 3.63) is 34.8 Å². The van der Waals surface area contributed by atoms with E-state index < -0.39 is 15.9 Å². The molecule has 1 fully saturated rings. The average molecular weight is 442 g/mol. The standard InChI is InChI=1S/C16H20BrN5O3S/c1-11-19-15(10-21(11)2)26(24,25)22-7-3-4-12(9-22)16(23)20-14-6-5-13(17)8-18-14/h5-6,8,10,12H,3-4,7,9H2,1-2H3,(H,18,20,23). The molecule has 8 nitrogen and oxygen atoms in total. The van der Waals surface area contributed by atoms with E-state index in [2.05, 4.69) is 31.2 Å². The lowest BCUT2D eigenvalue weighted by Crippen LogP contribution is -2.43. The zero-order chi connectivity index (χ0) is 18.9. The lowest BCUT2D eigenvalue weighted by atomic mass is 9.99. The van der Waals surface area contributed by atoms with Crippen LogP contribution < -0.4 is 5.32 Å². The molecule has 2 aromatic heterocycles. The Hall–Kier alpha value is -1.78. The van der Waals surface area contributed by atoms with Crippen LogP contribution in [0.4, 0.5) is 5.82 Å². The molecular weight excluding hydrogens is 422 g/mol. The quantitative estimate of drug-likeness (QED) is 0.781. The van der Waals surface area contributed by atoms with Crippen molar-refractivity contribution < 1.29 is 13.2 Å². The van der Waals surface area contributed by atoms with Crippen molar-refractivity contribution in [2.45, 2.75) is 24.8 Å².